The van der Waals surface area contributed by atoms with Crippen molar-refractivity contribution < 1.29 is 23.8 Å². The molecule has 84 valence electrons. The summed E-state index contributed by atoms with van der Waals surface area (Å²) < 4.78 is 14.4. The van der Waals surface area contributed by atoms with Gasteiger partial charge in [-0.25, -0.2) is 9.59 Å². The van der Waals surface area contributed by atoms with Crippen LogP contribution in [0.2, 0.25) is 0 Å². The van der Waals surface area contributed by atoms with Crippen molar-refractivity contribution in [3.63, 3.8) is 0 Å². The number of cyclic esters (lactones) is 2. The predicted molar refractivity (Wildman–Crippen MR) is 51.2 cm³/mol. The van der Waals surface area contributed by atoms with Gasteiger partial charge in [-0.2, -0.15) is 0 Å². The molecule has 1 rings (SSSR count). The van der Waals surface area contributed by atoms with E-state index in [2.05, 4.69) is 0 Å². The number of carbonyl (C=O) groups excluding carboxylic acids is 2. The first kappa shape index (κ1) is 11.6. The van der Waals surface area contributed by atoms with Gasteiger partial charge in [0.15, 0.2) is 6.10 Å². The highest BCUT2D eigenvalue weighted by molar-refractivity contribution is 5.82. The minimum absolute atomic E-state index is 0.317. The maximum atomic E-state index is 11.0. The largest absolute Gasteiger partial charge is 0.509 e. The van der Waals surface area contributed by atoms with Gasteiger partial charge in [0.25, 0.3) is 0 Å². The summed E-state index contributed by atoms with van der Waals surface area (Å²) in [5.41, 5.74) is 0. The third-order valence-electron chi connectivity index (χ3n) is 1.96. The van der Waals surface area contributed by atoms with Gasteiger partial charge in [-0.1, -0.05) is 6.92 Å². The zero-order valence-electron chi connectivity index (χ0n) is 8.76. The van der Waals surface area contributed by atoms with Crippen molar-refractivity contribution in [2.75, 3.05) is 6.61 Å². The topological polar surface area (TPSA) is 61.8 Å². The van der Waals surface area contributed by atoms with Crippen molar-refractivity contribution in [2.45, 2.75) is 32.5 Å². The van der Waals surface area contributed by atoms with E-state index in [-0.39, 0.29) is 6.10 Å². The van der Waals surface area contributed by atoms with Crippen LogP contribution in [-0.2, 0) is 19.0 Å². The van der Waals surface area contributed by atoms with Crippen molar-refractivity contribution in [1.82, 2.24) is 0 Å². The maximum absolute atomic E-state index is 11.0. The lowest BCUT2D eigenvalue weighted by Gasteiger charge is -2.08. The summed E-state index contributed by atoms with van der Waals surface area (Å²) in [6.07, 6.45) is 1.87. The third-order valence-corrected chi connectivity index (χ3v) is 1.96. The summed E-state index contributed by atoms with van der Waals surface area (Å²) >= 11 is 0. The van der Waals surface area contributed by atoms with E-state index in [0.717, 1.165) is 0 Å². The van der Waals surface area contributed by atoms with Crippen LogP contribution in [0, 0.1) is 0 Å². The average molecular weight is 214 g/mol. The first-order valence-corrected chi connectivity index (χ1v) is 4.89. The molecule has 1 aliphatic heterocycles. The van der Waals surface area contributed by atoms with E-state index in [1.165, 1.54) is 12.2 Å². The number of hydrogen-bond donors (Lipinski definition) is 0. The van der Waals surface area contributed by atoms with Crippen LogP contribution >= 0.6 is 0 Å². The second-order valence-corrected chi connectivity index (χ2v) is 3.01. The van der Waals surface area contributed by atoms with Gasteiger partial charge in [0.2, 0.25) is 0 Å². The zero-order chi connectivity index (χ0) is 11.3. The van der Waals surface area contributed by atoms with Gasteiger partial charge >= 0.3 is 12.1 Å². The average Bonchev–Trinajstić information content (AvgIpc) is 2.56. The predicted octanol–water partition coefficient (Wildman–Crippen LogP) is 1.42. The van der Waals surface area contributed by atoms with Crippen LogP contribution in [0.3, 0.4) is 0 Å². The molecule has 0 radical (unpaired) electrons. The van der Waals surface area contributed by atoms with E-state index >= 15 is 0 Å². The minimum atomic E-state index is -0.694. The lowest BCUT2D eigenvalue weighted by atomic mass is 10.1. The standard InChI is InChI=1S/C10H14O5/c1-3-7-8(15-10(12)14-7)5-6-9(11)13-4-2/h5-8H,3-4H2,1-2H3/b6-5+/t7-,8-/m0/s1. The molecular formula is C10H14O5. The quantitative estimate of drug-likeness (QED) is 0.523. The van der Waals surface area contributed by atoms with Crippen LogP contribution in [0.4, 0.5) is 4.79 Å². The van der Waals surface area contributed by atoms with Crippen LogP contribution in [-0.4, -0.2) is 30.9 Å². The van der Waals surface area contributed by atoms with E-state index in [4.69, 9.17) is 14.2 Å². The third kappa shape index (κ3) is 3.27. The van der Waals surface area contributed by atoms with E-state index in [1.54, 1.807) is 6.92 Å². The molecule has 0 aromatic rings. The lowest BCUT2D eigenvalue weighted by Crippen LogP contribution is -2.19. The van der Waals surface area contributed by atoms with E-state index in [0.29, 0.717) is 13.0 Å². The number of rotatable bonds is 4. The van der Waals surface area contributed by atoms with Gasteiger partial charge in [-0.05, 0) is 19.4 Å². The highest BCUT2D eigenvalue weighted by Crippen LogP contribution is 2.18. The summed E-state index contributed by atoms with van der Waals surface area (Å²) in [6, 6.07) is 0. The van der Waals surface area contributed by atoms with E-state index < -0.39 is 18.2 Å². The van der Waals surface area contributed by atoms with Gasteiger partial charge in [-0.15, -0.1) is 0 Å². The van der Waals surface area contributed by atoms with Gasteiger partial charge in [-0.3, -0.25) is 0 Å². The lowest BCUT2D eigenvalue weighted by molar-refractivity contribution is -0.137. The monoisotopic (exact) mass is 214 g/mol. The number of carbonyl (C=O) groups is 2. The van der Waals surface area contributed by atoms with Crippen molar-refractivity contribution in [1.29, 1.82) is 0 Å². The van der Waals surface area contributed by atoms with Crippen molar-refractivity contribution in [3.8, 4) is 0 Å². The summed E-state index contributed by atoms with van der Waals surface area (Å²) in [7, 11) is 0. The molecule has 5 heteroatoms. The van der Waals surface area contributed by atoms with Crippen molar-refractivity contribution >= 4 is 12.1 Å². The van der Waals surface area contributed by atoms with E-state index in [1.807, 2.05) is 6.92 Å². The first-order chi connectivity index (χ1) is 7.17. The van der Waals surface area contributed by atoms with Gasteiger partial charge in [0.1, 0.15) is 6.10 Å². The Morgan fingerprint density at radius 2 is 2.20 bits per heavy atom. The molecule has 1 fully saturated rings. The van der Waals surface area contributed by atoms with Crippen LogP contribution in [0.1, 0.15) is 20.3 Å². The first-order valence-electron chi connectivity index (χ1n) is 4.89. The second kappa shape index (κ2) is 5.38. The Morgan fingerprint density at radius 3 is 2.80 bits per heavy atom. The Morgan fingerprint density at radius 1 is 1.47 bits per heavy atom. The molecule has 0 unspecified atom stereocenters. The molecule has 0 aromatic carbocycles. The number of ether oxygens (including phenoxy) is 3. The molecule has 0 aliphatic carbocycles. The number of esters is 1. The molecule has 0 aromatic heterocycles. The molecule has 0 bridgehead atoms. The molecule has 1 aliphatic rings. The van der Waals surface area contributed by atoms with E-state index in [9.17, 15) is 9.59 Å². The fourth-order valence-electron chi connectivity index (χ4n) is 1.25. The van der Waals surface area contributed by atoms with Crippen LogP contribution in [0.25, 0.3) is 0 Å². The second-order valence-electron chi connectivity index (χ2n) is 3.01. The molecule has 0 amide bonds. The Balaban J connectivity index is 2.49. The Kier molecular flexibility index (Phi) is 4.15. The highest BCUT2D eigenvalue weighted by atomic mass is 16.8. The molecule has 5 nitrogen and oxygen atoms in total. The Bertz CT molecular complexity index is 271. The molecular weight excluding hydrogens is 200 g/mol. The fourth-order valence-corrected chi connectivity index (χ4v) is 1.25. The SMILES string of the molecule is CCOC(=O)/C=C/[C@@H]1OC(=O)O[C@H]1CC. The molecule has 0 spiro atoms. The van der Waals surface area contributed by atoms with Crippen LogP contribution < -0.4 is 0 Å². The van der Waals surface area contributed by atoms with Crippen LogP contribution in [0.15, 0.2) is 12.2 Å². The zero-order valence-corrected chi connectivity index (χ0v) is 8.76. The summed E-state index contributed by atoms with van der Waals surface area (Å²) in [6.45, 7) is 3.92. The van der Waals surface area contributed by atoms with Crippen molar-refractivity contribution in [2.24, 2.45) is 0 Å². The van der Waals surface area contributed by atoms with Gasteiger partial charge < -0.3 is 14.2 Å². The summed E-state index contributed by atoms with van der Waals surface area (Å²) in [5, 5.41) is 0. The maximum Gasteiger partial charge on any atom is 0.509 e. The molecule has 0 saturated carbocycles. The molecule has 2 atom stereocenters. The normalized spacial score (nSPS) is 25.1. The molecule has 0 N–H and O–H groups in total. The molecule has 1 saturated heterocycles. The minimum Gasteiger partial charge on any atom is -0.463 e. The van der Waals surface area contributed by atoms with Crippen LogP contribution in [0.5, 0.6) is 0 Å². The fraction of sp³-hybridized carbons (Fsp3) is 0.600. The number of hydrogen-bond acceptors (Lipinski definition) is 5. The van der Waals surface area contributed by atoms with Gasteiger partial charge in [0, 0.05) is 6.08 Å². The van der Waals surface area contributed by atoms with Gasteiger partial charge in [0.05, 0.1) is 6.61 Å². The summed E-state index contributed by atoms with van der Waals surface area (Å²) in [5.74, 6) is -0.449. The molecule has 1 heterocycles. The Hall–Kier alpha value is -1.52. The molecule has 15 heavy (non-hydrogen) atoms. The summed E-state index contributed by atoms with van der Waals surface area (Å²) in [4.78, 5) is 21.8. The Labute approximate surface area is 88.0 Å². The highest BCUT2D eigenvalue weighted by Gasteiger charge is 2.33. The van der Waals surface area contributed by atoms with Crippen molar-refractivity contribution in [3.05, 3.63) is 12.2 Å². The smallest absolute Gasteiger partial charge is 0.463 e.